The van der Waals surface area contributed by atoms with Gasteiger partial charge in [0.05, 0.1) is 0 Å². The summed E-state index contributed by atoms with van der Waals surface area (Å²) in [4.78, 5) is 4.71. The molecule has 0 saturated carbocycles. The molecule has 0 heterocycles. The molecule has 1 N–H and O–H groups in total. The lowest BCUT2D eigenvalue weighted by atomic mass is 9.85. The lowest BCUT2D eigenvalue weighted by molar-refractivity contribution is 0.165. The van der Waals surface area contributed by atoms with Crippen molar-refractivity contribution in [3.63, 3.8) is 0 Å². The van der Waals surface area contributed by atoms with Crippen LogP contribution in [0.15, 0.2) is 0 Å². The van der Waals surface area contributed by atoms with Gasteiger partial charge in [0, 0.05) is 26.2 Å². The van der Waals surface area contributed by atoms with Gasteiger partial charge < -0.3 is 15.1 Å². The number of likely N-dealkylation sites (N-methyl/N-ethyl adjacent to an activating group) is 2. The van der Waals surface area contributed by atoms with Crippen LogP contribution >= 0.6 is 0 Å². The Morgan fingerprint density at radius 1 is 1.06 bits per heavy atom. The Hall–Kier alpha value is -0.120. The zero-order valence-electron chi connectivity index (χ0n) is 12.8. The molecule has 0 rings (SSSR count). The second-order valence-electron chi connectivity index (χ2n) is 5.88. The van der Waals surface area contributed by atoms with Crippen molar-refractivity contribution < 1.29 is 0 Å². The Kier molecular flexibility index (Phi) is 8.83. The van der Waals surface area contributed by atoms with Crippen LogP contribution < -0.4 is 5.32 Å². The second-order valence-corrected chi connectivity index (χ2v) is 5.88. The van der Waals surface area contributed by atoms with Crippen molar-refractivity contribution in [3.8, 4) is 0 Å². The average molecular weight is 243 g/mol. The lowest BCUT2D eigenvalue weighted by Gasteiger charge is -2.34. The average Bonchev–Trinajstić information content (AvgIpc) is 2.24. The quantitative estimate of drug-likeness (QED) is 0.632. The highest BCUT2D eigenvalue weighted by Gasteiger charge is 2.24. The molecular weight excluding hydrogens is 210 g/mol. The summed E-state index contributed by atoms with van der Waals surface area (Å²) in [7, 11) is 6.51. The van der Waals surface area contributed by atoms with Crippen molar-refractivity contribution in [2.24, 2.45) is 5.41 Å². The summed E-state index contributed by atoms with van der Waals surface area (Å²) in [6.07, 6.45) is 2.57. The standard InChI is InChI=1S/C14H33N3/c1-7-9-14(3,12-15-8-2)13-17(6)11-10-16(4)5/h15H,7-13H2,1-6H3. The van der Waals surface area contributed by atoms with Gasteiger partial charge in [-0.15, -0.1) is 0 Å². The Morgan fingerprint density at radius 2 is 1.71 bits per heavy atom. The molecule has 0 aliphatic rings. The summed E-state index contributed by atoms with van der Waals surface area (Å²) in [6.45, 7) is 12.5. The van der Waals surface area contributed by atoms with E-state index < -0.39 is 0 Å². The van der Waals surface area contributed by atoms with Crippen LogP contribution in [0.4, 0.5) is 0 Å². The van der Waals surface area contributed by atoms with Gasteiger partial charge in [-0.3, -0.25) is 0 Å². The van der Waals surface area contributed by atoms with Crippen LogP contribution in [0.1, 0.15) is 33.6 Å². The minimum Gasteiger partial charge on any atom is -0.316 e. The van der Waals surface area contributed by atoms with E-state index in [1.54, 1.807) is 0 Å². The number of nitrogens with one attached hydrogen (secondary N) is 1. The van der Waals surface area contributed by atoms with Crippen molar-refractivity contribution in [2.75, 3.05) is 53.9 Å². The maximum atomic E-state index is 3.51. The number of hydrogen-bond donors (Lipinski definition) is 1. The molecule has 1 unspecified atom stereocenters. The first-order valence-electron chi connectivity index (χ1n) is 6.97. The van der Waals surface area contributed by atoms with E-state index in [0.29, 0.717) is 5.41 Å². The smallest absolute Gasteiger partial charge is 0.0106 e. The zero-order chi connectivity index (χ0) is 13.3. The van der Waals surface area contributed by atoms with Crippen molar-refractivity contribution in [2.45, 2.75) is 33.6 Å². The van der Waals surface area contributed by atoms with Gasteiger partial charge in [0.15, 0.2) is 0 Å². The SMILES string of the molecule is CCCC(C)(CNCC)CN(C)CCN(C)C. The molecule has 0 amide bonds. The van der Waals surface area contributed by atoms with Crippen LogP contribution in [0, 0.1) is 5.41 Å². The highest BCUT2D eigenvalue weighted by molar-refractivity contribution is 4.79. The molecular formula is C14H33N3. The Bertz CT molecular complexity index is 182. The van der Waals surface area contributed by atoms with Crippen molar-refractivity contribution in [1.29, 1.82) is 0 Å². The lowest BCUT2D eigenvalue weighted by Crippen LogP contribution is -2.42. The zero-order valence-corrected chi connectivity index (χ0v) is 12.8. The molecule has 3 heteroatoms. The Balaban J connectivity index is 4.12. The normalized spacial score (nSPS) is 15.5. The molecule has 0 aromatic rings. The van der Waals surface area contributed by atoms with Gasteiger partial charge in [-0.1, -0.05) is 27.2 Å². The monoisotopic (exact) mass is 243 g/mol. The minimum atomic E-state index is 0.409. The fraction of sp³-hybridized carbons (Fsp3) is 1.00. The van der Waals surface area contributed by atoms with E-state index in [4.69, 9.17) is 0 Å². The molecule has 0 radical (unpaired) electrons. The molecule has 0 saturated heterocycles. The summed E-state index contributed by atoms with van der Waals surface area (Å²) >= 11 is 0. The molecule has 3 nitrogen and oxygen atoms in total. The molecule has 0 aliphatic heterocycles. The first-order valence-corrected chi connectivity index (χ1v) is 6.97. The van der Waals surface area contributed by atoms with Crippen LogP contribution in [0.3, 0.4) is 0 Å². The van der Waals surface area contributed by atoms with E-state index in [2.05, 4.69) is 57.0 Å². The van der Waals surface area contributed by atoms with E-state index >= 15 is 0 Å². The highest BCUT2D eigenvalue weighted by atomic mass is 15.2. The van der Waals surface area contributed by atoms with Crippen LogP contribution in [-0.2, 0) is 0 Å². The summed E-state index contributed by atoms with van der Waals surface area (Å²) < 4.78 is 0. The summed E-state index contributed by atoms with van der Waals surface area (Å²) in [5.74, 6) is 0. The van der Waals surface area contributed by atoms with Gasteiger partial charge in [-0.2, -0.15) is 0 Å². The van der Waals surface area contributed by atoms with E-state index in [-0.39, 0.29) is 0 Å². The Morgan fingerprint density at radius 3 is 2.18 bits per heavy atom. The molecule has 104 valence electrons. The summed E-state index contributed by atoms with van der Waals surface area (Å²) in [5, 5.41) is 3.51. The molecule has 0 fully saturated rings. The summed E-state index contributed by atoms with van der Waals surface area (Å²) in [5.41, 5.74) is 0.409. The van der Waals surface area contributed by atoms with Crippen molar-refractivity contribution >= 4 is 0 Å². The predicted octanol–water partition coefficient (Wildman–Crippen LogP) is 1.90. The molecule has 0 aromatic heterocycles. The van der Waals surface area contributed by atoms with Crippen LogP contribution in [0.2, 0.25) is 0 Å². The second kappa shape index (κ2) is 8.90. The number of rotatable bonds is 10. The minimum absolute atomic E-state index is 0.409. The van der Waals surface area contributed by atoms with Crippen LogP contribution in [0.25, 0.3) is 0 Å². The van der Waals surface area contributed by atoms with Gasteiger partial charge in [-0.05, 0) is 39.5 Å². The maximum absolute atomic E-state index is 3.51. The van der Waals surface area contributed by atoms with Gasteiger partial charge >= 0.3 is 0 Å². The van der Waals surface area contributed by atoms with E-state index in [1.807, 2.05) is 0 Å². The first-order chi connectivity index (χ1) is 7.93. The molecule has 0 aromatic carbocycles. The van der Waals surface area contributed by atoms with Crippen LogP contribution in [-0.4, -0.2) is 63.7 Å². The molecule has 1 atom stereocenters. The van der Waals surface area contributed by atoms with Crippen molar-refractivity contribution in [1.82, 2.24) is 15.1 Å². The van der Waals surface area contributed by atoms with E-state index in [0.717, 1.165) is 26.2 Å². The fourth-order valence-electron chi connectivity index (χ4n) is 2.36. The first kappa shape index (κ1) is 16.9. The third kappa shape index (κ3) is 8.58. The summed E-state index contributed by atoms with van der Waals surface area (Å²) in [6, 6.07) is 0. The highest BCUT2D eigenvalue weighted by Crippen LogP contribution is 2.23. The van der Waals surface area contributed by atoms with Gasteiger partial charge in [0.25, 0.3) is 0 Å². The number of hydrogen-bond acceptors (Lipinski definition) is 3. The van der Waals surface area contributed by atoms with Gasteiger partial charge in [0.1, 0.15) is 0 Å². The fourth-order valence-corrected chi connectivity index (χ4v) is 2.36. The number of nitrogens with zero attached hydrogens (tertiary/aromatic N) is 2. The Labute approximate surface area is 109 Å². The van der Waals surface area contributed by atoms with Gasteiger partial charge in [0.2, 0.25) is 0 Å². The molecule has 17 heavy (non-hydrogen) atoms. The molecule has 0 aliphatic carbocycles. The largest absolute Gasteiger partial charge is 0.316 e. The maximum Gasteiger partial charge on any atom is 0.0106 e. The molecule has 0 spiro atoms. The third-order valence-electron chi connectivity index (χ3n) is 3.24. The topological polar surface area (TPSA) is 18.5 Å². The van der Waals surface area contributed by atoms with Crippen molar-refractivity contribution in [3.05, 3.63) is 0 Å². The molecule has 0 bridgehead atoms. The van der Waals surface area contributed by atoms with Gasteiger partial charge in [-0.25, -0.2) is 0 Å². The third-order valence-corrected chi connectivity index (χ3v) is 3.24. The van der Waals surface area contributed by atoms with Crippen LogP contribution in [0.5, 0.6) is 0 Å². The predicted molar refractivity (Wildman–Crippen MR) is 77.6 cm³/mol. The van der Waals surface area contributed by atoms with E-state index in [1.165, 1.54) is 19.4 Å². The van der Waals surface area contributed by atoms with E-state index in [9.17, 15) is 0 Å².